The largest absolute Gasteiger partial charge is 0.325 e. The van der Waals surface area contributed by atoms with E-state index in [1.54, 1.807) is 0 Å². The Morgan fingerprint density at radius 2 is 2.04 bits per heavy atom. The molecule has 1 saturated heterocycles. The molecule has 0 bridgehead atoms. The molecular formula is C17H29N5O. The second-order valence-corrected chi connectivity index (χ2v) is 6.96. The van der Waals surface area contributed by atoms with E-state index in [-0.39, 0.29) is 6.03 Å². The van der Waals surface area contributed by atoms with Crippen LogP contribution in [0.1, 0.15) is 45.4 Å². The highest BCUT2D eigenvalue weighted by Crippen LogP contribution is 2.31. The van der Waals surface area contributed by atoms with Crippen molar-refractivity contribution in [3.63, 3.8) is 0 Å². The van der Waals surface area contributed by atoms with Crippen LogP contribution >= 0.6 is 0 Å². The predicted octanol–water partition coefficient (Wildman–Crippen LogP) is 2.40. The Morgan fingerprint density at radius 3 is 2.74 bits per heavy atom. The van der Waals surface area contributed by atoms with Crippen LogP contribution in [-0.2, 0) is 13.0 Å². The SMILES string of the molecule is CCN(CC)C(=O)N1CCCC(Cc2nncn2CC2CC2)C1. The molecule has 2 heterocycles. The summed E-state index contributed by atoms with van der Waals surface area (Å²) in [6.45, 7) is 8.47. The molecule has 3 rings (SSSR count). The average molecular weight is 319 g/mol. The van der Waals surface area contributed by atoms with Crippen LogP contribution in [0.15, 0.2) is 6.33 Å². The van der Waals surface area contributed by atoms with Crippen molar-refractivity contribution in [1.29, 1.82) is 0 Å². The maximum Gasteiger partial charge on any atom is 0.319 e. The number of hydrogen-bond donors (Lipinski definition) is 0. The summed E-state index contributed by atoms with van der Waals surface area (Å²) in [7, 11) is 0. The minimum Gasteiger partial charge on any atom is -0.325 e. The molecule has 1 unspecified atom stereocenters. The summed E-state index contributed by atoms with van der Waals surface area (Å²) < 4.78 is 2.23. The lowest BCUT2D eigenvalue weighted by molar-refractivity contribution is 0.131. The Kier molecular flexibility index (Phi) is 5.18. The molecule has 6 nitrogen and oxygen atoms in total. The number of urea groups is 1. The Hall–Kier alpha value is -1.59. The van der Waals surface area contributed by atoms with Crippen molar-refractivity contribution in [3.8, 4) is 0 Å². The highest BCUT2D eigenvalue weighted by atomic mass is 16.2. The molecule has 6 heteroatoms. The molecule has 0 aromatic carbocycles. The van der Waals surface area contributed by atoms with Crippen molar-refractivity contribution < 1.29 is 4.79 Å². The number of hydrogen-bond acceptors (Lipinski definition) is 3. The Bertz CT molecular complexity index is 521. The van der Waals surface area contributed by atoms with Gasteiger partial charge < -0.3 is 14.4 Å². The van der Waals surface area contributed by atoms with Crippen molar-refractivity contribution in [2.75, 3.05) is 26.2 Å². The molecular weight excluding hydrogens is 290 g/mol. The lowest BCUT2D eigenvalue weighted by Crippen LogP contribution is -2.47. The molecule has 128 valence electrons. The molecule has 1 aromatic heterocycles. The molecule has 0 radical (unpaired) electrons. The summed E-state index contributed by atoms with van der Waals surface area (Å²) in [4.78, 5) is 16.5. The third-order valence-corrected chi connectivity index (χ3v) is 5.14. The van der Waals surface area contributed by atoms with Gasteiger partial charge >= 0.3 is 6.03 Å². The highest BCUT2D eigenvalue weighted by molar-refractivity contribution is 5.74. The first-order valence-corrected chi connectivity index (χ1v) is 9.11. The molecule has 2 fully saturated rings. The van der Waals surface area contributed by atoms with E-state index >= 15 is 0 Å². The van der Waals surface area contributed by atoms with Gasteiger partial charge in [-0.1, -0.05) is 0 Å². The molecule has 1 atom stereocenters. The summed E-state index contributed by atoms with van der Waals surface area (Å²) in [6, 6.07) is 0.194. The van der Waals surface area contributed by atoms with Gasteiger partial charge in [-0.3, -0.25) is 0 Å². The van der Waals surface area contributed by atoms with Crippen LogP contribution in [0.25, 0.3) is 0 Å². The average Bonchev–Trinajstić information content (AvgIpc) is 3.28. The van der Waals surface area contributed by atoms with Gasteiger partial charge in [-0.05, 0) is 51.4 Å². The first kappa shape index (κ1) is 16.3. The number of aromatic nitrogens is 3. The number of likely N-dealkylation sites (tertiary alicyclic amines) is 1. The number of nitrogens with zero attached hydrogens (tertiary/aromatic N) is 5. The van der Waals surface area contributed by atoms with Gasteiger partial charge in [-0.25, -0.2) is 4.79 Å². The highest BCUT2D eigenvalue weighted by Gasteiger charge is 2.28. The first-order chi connectivity index (χ1) is 11.2. The molecule has 0 spiro atoms. The molecule has 1 aliphatic heterocycles. The van der Waals surface area contributed by atoms with Crippen molar-refractivity contribution in [3.05, 3.63) is 12.2 Å². The molecule has 1 aromatic rings. The minimum absolute atomic E-state index is 0.194. The first-order valence-electron chi connectivity index (χ1n) is 9.11. The van der Waals surface area contributed by atoms with E-state index in [0.717, 1.165) is 57.3 Å². The Balaban J connectivity index is 1.58. The number of amides is 2. The van der Waals surface area contributed by atoms with Gasteiger partial charge in [0.1, 0.15) is 12.2 Å². The van der Waals surface area contributed by atoms with Gasteiger partial charge in [-0.2, -0.15) is 0 Å². The standard InChI is InChI=1S/C17H29N5O/c1-3-20(4-2)17(23)21-9-5-6-15(12-21)10-16-19-18-13-22(16)11-14-7-8-14/h13-15H,3-12H2,1-2H3. The minimum atomic E-state index is 0.194. The maximum absolute atomic E-state index is 12.5. The van der Waals surface area contributed by atoms with Crippen molar-refractivity contribution in [2.24, 2.45) is 11.8 Å². The number of piperidine rings is 1. The molecule has 2 aliphatic rings. The fourth-order valence-corrected chi connectivity index (χ4v) is 3.53. The quantitative estimate of drug-likeness (QED) is 0.809. The van der Waals surface area contributed by atoms with Crippen LogP contribution in [0.5, 0.6) is 0 Å². The molecule has 0 N–H and O–H groups in total. The zero-order valence-electron chi connectivity index (χ0n) is 14.4. The fraction of sp³-hybridized carbons (Fsp3) is 0.824. The summed E-state index contributed by atoms with van der Waals surface area (Å²) in [5.74, 6) is 2.43. The topological polar surface area (TPSA) is 54.3 Å². The van der Waals surface area contributed by atoms with E-state index in [1.807, 2.05) is 30.0 Å². The number of carbonyl (C=O) groups excluding carboxylic acids is 1. The van der Waals surface area contributed by atoms with E-state index < -0.39 is 0 Å². The second kappa shape index (κ2) is 7.32. The summed E-state index contributed by atoms with van der Waals surface area (Å²) >= 11 is 0. The maximum atomic E-state index is 12.5. The number of carbonyl (C=O) groups is 1. The van der Waals surface area contributed by atoms with Gasteiger partial charge in [0.25, 0.3) is 0 Å². The van der Waals surface area contributed by atoms with Crippen LogP contribution < -0.4 is 0 Å². The summed E-state index contributed by atoms with van der Waals surface area (Å²) in [6.07, 6.45) is 7.76. The lowest BCUT2D eigenvalue weighted by Gasteiger charge is -2.35. The Labute approximate surface area is 138 Å². The van der Waals surface area contributed by atoms with Gasteiger partial charge in [0.05, 0.1) is 0 Å². The van der Waals surface area contributed by atoms with Gasteiger partial charge in [0.15, 0.2) is 0 Å². The van der Waals surface area contributed by atoms with Crippen LogP contribution in [0.4, 0.5) is 4.79 Å². The smallest absolute Gasteiger partial charge is 0.319 e. The van der Waals surface area contributed by atoms with Crippen LogP contribution in [0.3, 0.4) is 0 Å². The third-order valence-electron chi connectivity index (χ3n) is 5.14. The molecule has 23 heavy (non-hydrogen) atoms. The van der Waals surface area contributed by atoms with E-state index in [2.05, 4.69) is 14.8 Å². The predicted molar refractivity (Wildman–Crippen MR) is 89.1 cm³/mol. The van der Waals surface area contributed by atoms with Crippen molar-refractivity contribution in [1.82, 2.24) is 24.6 Å². The molecule has 2 amide bonds. The molecule has 1 saturated carbocycles. The van der Waals surface area contributed by atoms with Crippen molar-refractivity contribution in [2.45, 2.75) is 52.5 Å². The van der Waals surface area contributed by atoms with E-state index in [0.29, 0.717) is 5.92 Å². The molecule has 1 aliphatic carbocycles. The summed E-state index contributed by atoms with van der Waals surface area (Å²) in [5.41, 5.74) is 0. The van der Waals surface area contributed by atoms with Gasteiger partial charge in [-0.15, -0.1) is 10.2 Å². The Morgan fingerprint density at radius 1 is 1.26 bits per heavy atom. The normalized spacial score (nSPS) is 21.5. The van der Waals surface area contributed by atoms with E-state index in [4.69, 9.17) is 0 Å². The van der Waals surface area contributed by atoms with Gasteiger partial charge in [0.2, 0.25) is 0 Å². The van der Waals surface area contributed by atoms with Crippen LogP contribution in [-0.4, -0.2) is 56.8 Å². The number of rotatable bonds is 6. The van der Waals surface area contributed by atoms with Crippen LogP contribution in [0, 0.1) is 11.8 Å². The summed E-state index contributed by atoms with van der Waals surface area (Å²) in [5, 5.41) is 8.43. The lowest BCUT2D eigenvalue weighted by atomic mass is 9.94. The van der Waals surface area contributed by atoms with Gasteiger partial charge in [0, 0.05) is 39.1 Å². The van der Waals surface area contributed by atoms with Crippen molar-refractivity contribution >= 4 is 6.03 Å². The second-order valence-electron chi connectivity index (χ2n) is 6.96. The van der Waals surface area contributed by atoms with Crippen LogP contribution in [0.2, 0.25) is 0 Å². The zero-order valence-corrected chi connectivity index (χ0v) is 14.4. The third kappa shape index (κ3) is 4.03. The van der Waals surface area contributed by atoms with E-state index in [9.17, 15) is 4.79 Å². The fourth-order valence-electron chi connectivity index (χ4n) is 3.53. The van der Waals surface area contributed by atoms with E-state index in [1.165, 1.54) is 19.3 Å². The zero-order chi connectivity index (χ0) is 16.2. The monoisotopic (exact) mass is 319 g/mol.